The molecule has 0 spiro atoms. The first kappa shape index (κ1) is 22.0. The van der Waals surface area contributed by atoms with Gasteiger partial charge in [-0.05, 0) is 55.2 Å². The molecule has 0 unspecified atom stereocenters. The molecule has 0 N–H and O–H groups in total. The van der Waals surface area contributed by atoms with Gasteiger partial charge in [-0.15, -0.1) is 0 Å². The number of benzene rings is 1. The molecule has 0 saturated carbocycles. The summed E-state index contributed by atoms with van der Waals surface area (Å²) in [7, 11) is 0. The topological polar surface area (TPSA) is 72.1 Å². The van der Waals surface area contributed by atoms with E-state index in [0.717, 1.165) is 28.9 Å². The third-order valence-electron chi connectivity index (χ3n) is 5.35. The highest BCUT2D eigenvalue weighted by Crippen LogP contribution is 2.32. The number of halogens is 1. The second kappa shape index (κ2) is 9.49. The number of anilines is 1. The monoisotopic (exact) mass is 448 g/mol. The first-order valence-electron chi connectivity index (χ1n) is 10.8. The summed E-state index contributed by atoms with van der Waals surface area (Å²) in [6.45, 7) is 6.37. The third kappa shape index (κ3) is 4.36. The fraction of sp³-hybridized carbons (Fsp3) is 0.280. The summed E-state index contributed by atoms with van der Waals surface area (Å²) in [4.78, 5) is 24.6. The average Bonchev–Trinajstić information content (AvgIpc) is 3.22. The maximum absolute atomic E-state index is 14.1. The summed E-state index contributed by atoms with van der Waals surface area (Å²) in [6.07, 6.45) is 5.73. The molecule has 0 aliphatic carbocycles. The van der Waals surface area contributed by atoms with Crippen LogP contribution in [0.2, 0.25) is 5.02 Å². The van der Waals surface area contributed by atoms with Crippen LogP contribution in [0.1, 0.15) is 53.1 Å². The Morgan fingerprint density at radius 2 is 2.03 bits per heavy atom. The van der Waals surface area contributed by atoms with Crippen LogP contribution in [0.5, 0.6) is 0 Å². The molecule has 1 aromatic carbocycles. The Balaban J connectivity index is 1.90. The van der Waals surface area contributed by atoms with Gasteiger partial charge in [0, 0.05) is 18.1 Å². The van der Waals surface area contributed by atoms with Crippen LogP contribution in [0.15, 0.2) is 53.3 Å². The van der Waals surface area contributed by atoms with E-state index in [-0.39, 0.29) is 5.91 Å². The third-order valence-corrected chi connectivity index (χ3v) is 5.67. The molecule has 0 atom stereocenters. The zero-order valence-corrected chi connectivity index (χ0v) is 19.2. The van der Waals surface area contributed by atoms with Crippen molar-refractivity contribution >= 4 is 34.3 Å². The van der Waals surface area contributed by atoms with Crippen LogP contribution in [-0.4, -0.2) is 21.0 Å². The molecule has 0 aliphatic rings. The van der Waals surface area contributed by atoms with Gasteiger partial charge in [0.1, 0.15) is 0 Å². The lowest BCUT2D eigenvalue weighted by molar-refractivity contribution is 0.0986. The number of carbonyl (C=O) groups is 1. The second-order valence-corrected chi connectivity index (χ2v) is 8.19. The second-order valence-electron chi connectivity index (χ2n) is 7.78. The quantitative estimate of drug-likeness (QED) is 0.349. The van der Waals surface area contributed by atoms with E-state index >= 15 is 0 Å². The highest BCUT2D eigenvalue weighted by Gasteiger charge is 2.26. The minimum absolute atomic E-state index is 0.177. The van der Waals surface area contributed by atoms with E-state index in [1.54, 1.807) is 17.3 Å². The van der Waals surface area contributed by atoms with Gasteiger partial charge in [-0.2, -0.15) is 0 Å². The highest BCUT2D eigenvalue weighted by atomic mass is 35.5. The van der Waals surface area contributed by atoms with Crippen molar-refractivity contribution in [1.29, 1.82) is 0 Å². The largest absolute Gasteiger partial charge is 0.336 e. The smallest absolute Gasteiger partial charge is 0.259 e. The maximum atomic E-state index is 14.1. The summed E-state index contributed by atoms with van der Waals surface area (Å²) in [5.74, 6) is -0.177. The molecule has 164 valence electrons. The van der Waals surface area contributed by atoms with Crippen LogP contribution >= 0.6 is 11.6 Å². The Morgan fingerprint density at radius 1 is 1.19 bits per heavy atom. The maximum Gasteiger partial charge on any atom is 0.259 e. The SMILES string of the molecule is CCCc1noc2nc(CC)cc(C(=O)N(Cc3cccnc3)c3cc(C)ccc3Cl)c12. The van der Waals surface area contributed by atoms with E-state index in [4.69, 9.17) is 16.1 Å². The number of hydrogen-bond acceptors (Lipinski definition) is 5. The van der Waals surface area contributed by atoms with Crippen molar-refractivity contribution in [2.45, 2.75) is 46.6 Å². The van der Waals surface area contributed by atoms with Gasteiger partial charge in [-0.25, -0.2) is 4.98 Å². The summed E-state index contributed by atoms with van der Waals surface area (Å²) in [5.41, 5.74) is 5.01. The number of fused-ring (bicyclic) bond motifs is 1. The molecule has 4 aromatic rings. The molecular formula is C25H25ClN4O2. The van der Waals surface area contributed by atoms with E-state index < -0.39 is 0 Å². The predicted octanol–water partition coefficient (Wildman–Crippen LogP) is 5.94. The number of hydrogen-bond donors (Lipinski definition) is 0. The molecule has 0 aliphatic heterocycles. The number of rotatable bonds is 7. The van der Waals surface area contributed by atoms with Gasteiger partial charge >= 0.3 is 0 Å². The Labute approximate surface area is 192 Å². The van der Waals surface area contributed by atoms with Gasteiger partial charge in [0.25, 0.3) is 11.6 Å². The van der Waals surface area contributed by atoms with Crippen LogP contribution in [0.3, 0.4) is 0 Å². The summed E-state index contributed by atoms with van der Waals surface area (Å²) < 4.78 is 5.51. The number of aryl methyl sites for hydroxylation is 3. The predicted molar refractivity (Wildman–Crippen MR) is 126 cm³/mol. The van der Waals surface area contributed by atoms with Crippen LogP contribution < -0.4 is 4.90 Å². The molecule has 4 rings (SSSR count). The summed E-state index contributed by atoms with van der Waals surface area (Å²) in [5, 5.41) is 5.39. The Bertz CT molecular complexity index is 1250. The minimum atomic E-state index is -0.177. The molecule has 1 amide bonds. The van der Waals surface area contributed by atoms with Crippen molar-refractivity contribution in [3.8, 4) is 0 Å². The first-order valence-corrected chi connectivity index (χ1v) is 11.1. The normalized spacial score (nSPS) is 11.1. The molecule has 3 aromatic heterocycles. The average molecular weight is 449 g/mol. The number of carbonyl (C=O) groups excluding carboxylic acids is 1. The fourth-order valence-electron chi connectivity index (χ4n) is 3.73. The van der Waals surface area contributed by atoms with Crippen LogP contribution in [0.4, 0.5) is 5.69 Å². The van der Waals surface area contributed by atoms with Gasteiger partial charge in [-0.3, -0.25) is 9.78 Å². The van der Waals surface area contributed by atoms with Crippen molar-refractivity contribution in [1.82, 2.24) is 15.1 Å². The number of nitrogens with zero attached hydrogens (tertiary/aromatic N) is 4. The minimum Gasteiger partial charge on any atom is -0.336 e. The standard InChI is InChI=1S/C25H25ClN4O2/c1-4-7-21-23-19(13-18(5-2)28-24(23)32-29-21)25(31)30(15-17-8-6-11-27-14-17)22-12-16(3)9-10-20(22)26/h6,8-14H,4-5,7,15H2,1-3H3. The van der Waals surface area contributed by atoms with Crippen molar-refractivity contribution in [2.24, 2.45) is 0 Å². The lowest BCUT2D eigenvalue weighted by atomic mass is 10.0. The lowest BCUT2D eigenvalue weighted by Gasteiger charge is -2.25. The van der Waals surface area contributed by atoms with Gasteiger partial charge in [0.05, 0.1) is 33.9 Å². The van der Waals surface area contributed by atoms with Crippen LogP contribution in [0.25, 0.3) is 11.1 Å². The van der Waals surface area contributed by atoms with E-state index in [2.05, 4.69) is 22.0 Å². The van der Waals surface area contributed by atoms with Crippen molar-refractivity contribution in [3.63, 3.8) is 0 Å². The zero-order chi connectivity index (χ0) is 22.7. The Morgan fingerprint density at radius 3 is 2.75 bits per heavy atom. The summed E-state index contributed by atoms with van der Waals surface area (Å²) >= 11 is 6.57. The molecule has 6 nitrogen and oxygen atoms in total. The molecular weight excluding hydrogens is 424 g/mol. The van der Waals surface area contributed by atoms with E-state index in [1.165, 1.54) is 0 Å². The van der Waals surface area contributed by atoms with E-state index in [1.807, 2.05) is 50.2 Å². The summed E-state index contributed by atoms with van der Waals surface area (Å²) in [6, 6.07) is 11.3. The van der Waals surface area contributed by atoms with Gasteiger partial charge < -0.3 is 9.42 Å². The number of amides is 1. The Hall–Kier alpha value is -3.25. The molecule has 3 heterocycles. The van der Waals surface area contributed by atoms with Gasteiger partial charge in [-0.1, -0.05) is 49.2 Å². The molecule has 0 saturated heterocycles. The van der Waals surface area contributed by atoms with Crippen molar-refractivity contribution in [2.75, 3.05) is 4.90 Å². The van der Waals surface area contributed by atoms with Gasteiger partial charge in [0.15, 0.2) is 0 Å². The van der Waals surface area contributed by atoms with Crippen molar-refractivity contribution < 1.29 is 9.32 Å². The molecule has 7 heteroatoms. The fourth-order valence-corrected chi connectivity index (χ4v) is 3.95. The highest BCUT2D eigenvalue weighted by molar-refractivity contribution is 6.34. The van der Waals surface area contributed by atoms with E-state index in [0.29, 0.717) is 46.8 Å². The van der Waals surface area contributed by atoms with Crippen molar-refractivity contribution in [3.05, 3.63) is 81.9 Å². The van der Waals surface area contributed by atoms with Gasteiger partial charge in [0.2, 0.25) is 0 Å². The van der Waals surface area contributed by atoms with Crippen LogP contribution in [-0.2, 0) is 19.4 Å². The molecule has 0 bridgehead atoms. The molecule has 0 fully saturated rings. The van der Waals surface area contributed by atoms with Crippen LogP contribution in [0, 0.1) is 6.92 Å². The lowest BCUT2D eigenvalue weighted by Crippen LogP contribution is -2.31. The molecule has 0 radical (unpaired) electrons. The number of aromatic nitrogens is 3. The first-order chi connectivity index (χ1) is 15.5. The molecule has 32 heavy (non-hydrogen) atoms. The van der Waals surface area contributed by atoms with E-state index in [9.17, 15) is 4.79 Å². The number of pyridine rings is 2. The zero-order valence-electron chi connectivity index (χ0n) is 18.4. The Kier molecular flexibility index (Phi) is 6.51.